The van der Waals surface area contributed by atoms with Crippen LogP contribution >= 0.6 is 0 Å². The molecule has 1 aliphatic carbocycles. The van der Waals surface area contributed by atoms with Gasteiger partial charge in [-0.2, -0.15) is 13.2 Å². The van der Waals surface area contributed by atoms with Gasteiger partial charge < -0.3 is 14.2 Å². The van der Waals surface area contributed by atoms with Gasteiger partial charge in [-0.3, -0.25) is 4.57 Å². The summed E-state index contributed by atoms with van der Waals surface area (Å²) in [6.45, 7) is 4.55. The van der Waals surface area contributed by atoms with Gasteiger partial charge in [-0.05, 0) is 32.3 Å². The molecule has 0 unspecified atom stereocenters. The van der Waals surface area contributed by atoms with Gasteiger partial charge in [0.2, 0.25) is 5.88 Å². The van der Waals surface area contributed by atoms with Crippen LogP contribution in [0.25, 0.3) is 28.5 Å². The number of anilines is 1. The van der Waals surface area contributed by atoms with Gasteiger partial charge in [-0.25, -0.2) is 24.9 Å². The predicted molar refractivity (Wildman–Crippen MR) is 149 cm³/mol. The number of aromatic nitrogens is 9. The highest BCUT2D eigenvalue weighted by Gasteiger charge is 2.36. The van der Waals surface area contributed by atoms with E-state index >= 15 is 0 Å². The summed E-state index contributed by atoms with van der Waals surface area (Å²) in [7, 11) is 1.57. The lowest BCUT2D eigenvalue weighted by Gasteiger charge is -2.30. The van der Waals surface area contributed by atoms with Crippen molar-refractivity contribution in [2.45, 2.75) is 57.9 Å². The van der Waals surface area contributed by atoms with E-state index in [9.17, 15) is 13.2 Å². The highest BCUT2D eigenvalue weighted by molar-refractivity contribution is 5.70. The fraction of sp³-hybridized carbons (Fsp3) is 0.345. The highest BCUT2D eigenvalue weighted by atomic mass is 19.4. The van der Waals surface area contributed by atoms with Gasteiger partial charge in [0.1, 0.15) is 29.7 Å². The summed E-state index contributed by atoms with van der Waals surface area (Å²) in [5, 5.41) is 8.36. The molecule has 4 aromatic heterocycles. The molecule has 1 fully saturated rings. The van der Waals surface area contributed by atoms with Gasteiger partial charge >= 0.3 is 6.18 Å². The first-order chi connectivity index (χ1) is 20.7. The third-order valence-corrected chi connectivity index (χ3v) is 7.65. The maximum atomic E-state index is 13.4. The molecule has 11 nitrogen and oxygen atoms in total. The Balaban J connectivity index is 1.24. The molecule has 0 radical (unpaired) electrons. The molecular weight excluding hydrogens is 561 g/mol. The molecule has 5 aromatic rings. The van der Waals surface area contributed by atoms with Crippen LogP contribution in [0.15, 0.2) is 49.3 Å². The van der Waals surface area contributed by atoms with Crippen LogP contribution in [0.5, 0.6) is 5.88 Å². The standard InChI is InChI=1S/C29H27F3N10O/c1-16(2)41-12-21(29(30,31)32)37-26(41)19-6-4-17(5-7-19)11-40-13-22-39-36-15-42(22)20-10-33-25(38-27(20)40)23-24(18-8-9-18)34-14-35-28(23)43-3/h4-7,10,12,14-16,18H,8-9,11,13H2,1-3H3. The fourth-order valence-corrected chi connectivity index (χ4v) is 5.36. The second-order valence-electron chi connectivity index (χ2n) is 10.9. The molecule has 7 rings (SSSR count). The quantitative estimate of drug-likeness (QED) is 0.247. The first-order valence-electron chi connectivity index (χ1n) is 13.9. The third kappa shape index (κ3) is 4.85. The Kier molecular flexibility index (Phi) is 6.36. The van der Waals surface area contributed by atoms with E-state index < -0.39 is 11.9 Å². The molecule has 0 saturated heterocycles. The van der Waals surface area contributed by atoms with Crippen LogP contribution in [0.3, 0.4) is 0 Å². The number of rotatable bonds is 7. The van der Waals surface area contributed by atoms with E-state index in [1.165, 1.54) is 6.33 Å². The molecule has 5 heterocycles. The smallest absolute Gasteiger partial charge is 0.434 e. The molecule has 1 aromatic carbocycles. The number of ether oxygens (including phenoxy) is 1. The summed E-state index contributed by atoms with van der Waals surface area (Å²) in [5.74, 6) is 2.90. The van der Waals surface area contributed by atoms with Crippen LogP contribution in [0, 0.1) is 0 Å². The molecule has 14 heteroatoms. The average molecular weight is 589 g/mol. The molecule has 0 amide bonds. The Morgan fingerprint density at radius 1 is 1.05 bits per heavy atom. The summed E-state index contributed by atoms with van der Waals surface area (Å²) in [5.41, 5.74) is 2.92. The first-order valence-corrected chi connectivity index (χ1v) is 13.9. The van der Waals surface area contributed by atoms with Gasteiger partial charge in [0.15, 0.2) is 23.2 Å². The second-order valence-corrected chi connectivity index (χ2v) is 10.9. The van der Waals surface area contributed by atoms with Crippen LogP contribution < -0.4 is 9.64 Å². The van der Waals surface area contributed by atoms with Gasteiger partial charge in [0.05, 0.1) is 25.5 Å². The van der Waals surface area contributed by atoms with E-state index in [4.69, 9.17) is 9.72 Å². The van der Waals surface area contributed by atoms with Crippen molar-refractivity contribution in [3.05, 3.63) is 72.1 Å². The number of nitrogens with zero attached hydrogens (tertiary/aromatic N) is 10. The first kappa shape index (κ1) is 27.0. The van der Waals surface area contributed by atoms with E-state index in [1.807, 2.05) is 30.5 Å². The molecular formula is C29H27F3N10O. The number of halogens is 3. The second kappa shape index (κ2) is 10.1. The van der Waals surface area contributed by atoms with Crippen molar-refractivity contribution >= 4 is 5.82 Å². The van der Waals surface area contributed by atoms with Crippen molar-refractivity contribution in [2.24, 2.45) is 0 Å². The monoisotopic (exact) mass is 588 g/mol. The van der Waals surface area contributed by atoms with Crippen molar-refractivity contribution in [3.63, 3.8) is 0 Å². The largest absolute Gasteiger partial charge is 0.480 e. The van der Waals surface area contributed by atoms with Crippen molar-refractivity contribution in [1.82, 2.24) is 44.3 Å². The Hall–Kier alpha value is -4.88. The van der Waals surface area contributed by atoms with Crippen LogP contribution in [0.4, 0.5) is 19.0 Å². The fourth-order valence-electron chi connectivity index (χ4n) is 5.36. The molecule has 1 saturated carbocycles. The van der Waals surface area contributed by atoms with E-state index in [0.717, 1.165) is 41.8 Å². The molecule has 2 aliphatic rings. The predicted octanol–water partition coefficient (Wildman–Crippen LogP) is 5.38. The number of imidazole rings is 1. The molecule has 220 valence electrons. The van der Waals surface area contributed by atoms with Crippen LogP contribution in [-0.2, 0) is 19.3 Å². The number of hydrogen-bond donors (Lipinski definition) is 0. The van der Waals surface area contributed by atoms with Crippen LogP contribution in [-0.4, -0.2) is 51.4 Å². The van der Waals surface area contributed by atoms with Gasteiger partial charge in [0, 0.05) is 30.3 Å². The summed E-state index contributed by atoms with van der Waals surface area (Å²) >= 11 is 0. The topological polar surface area (TPSA) is 113 Å². The number of alkyl halides is 3. The summed E-state index contributed by atoms with van der Waals surface area (Å²) in [6, 6.07) is 7.18. The SMILES string of the molecule is COc1ncnc(C2CC2)c1-c1ncc2c(n1)N(Cc1ccc(-c3nc(C(F)(F)F)cn3C(C)C)cc1)Cc1nncn1-2. The zero-order valence-corrected chi connectivity index (χ0v) is 23.6. The molecule has 0 bridgehead atoms. The van der Waals surface area contributed by atoms with Gasteiger partial charge in [-0.15, -0.1) is 10.2 Å². The lowest BCUT2D eigenvalue weighted by Crippen LogP contribution is -2.30. The van der Waals surface area contributed by atoms with Crippen LogP contribution in [0.2, 0.25) is 0 Å². The summed E-state index contributed by atoms with van der Waals surface area (Å²) in [6.07, 6.45) is 3.51. The maximum absolute atomic E-state index is 13.4. The van der Waals surface area contributed by atoms with Crippen molar-refractivity contribution in [3.8, 4) is 34.3 Å². The minimum absolute atomic E-state index is 0.191. The normalized spacial score (nSPS) is 14.6. The average Bonchev–Trinajstić information content (AvgIpc) is 3.54. The lowest BCUT2D eigenvalue weighted by molar-refractivity contribution is -0.140. The van der Waals surface area contributed by atoms with E-state index in [0.29, 0.717) is 47.7 Å². The Bertz CT molecular complexity index is 1810. The number of benzene rings is 1. The minimum Gasteiger partial charge on any atom is -0.480 e. The molecule has 0 N–H and O–H groups in total. The van der Waals surface area contributed by atoms with E-state index in [-0.39, 0.29) is 11.9 Å². The number of fused-ring (bicyclic) bond motifs is 3. The highest BCUT2D eigenvalue weighted by Crippen LogP contribution is 2.45. The van der Waals surface area contributed by atoms with Crippen LogP contribution in [0.1, 0.15) is 61.4 Å². The Morgan fingerprint density at radius 2 is 1.84 bits per heavy atom. The van der Waals surface area contributed by atoms with E-state index in [1.54, 1.807) is 36.3 Å². The zero-order valence-electron chi connectivity index (χ0n) is 23.6. The van der Waals surface area contributed by atoms with Gasteiger partial charge in [-0.1, -0.05) is 24.3 Å². The lowest BCUT2D eigenvalue weighted by atomic mass is 10.1. The molecule has 43 heavy (non-hydrogen) atoms. The maximum Gasteiger partial charge on any atom is 0.434 e. The summed E-state index contributed by atoms with van der Waals surface area (Å²) < 4.78 is 49.2. The summed E-state index contributed by atoms with van der Waals surface area (Å²) in [4.78, 5) is 24.5. The van der Waals surface area contributed by atoms with Gasteiger partial charge in [0.25, 0.3) is 0 Å². The Labute approximate surface area is 244 Å². The van der Waals surface area contributed by atoms with Crippen molar-refractivity contribution in [1.29, 1.82) is 0 Å². The third-order valence-electron chi connectivity index (χ3n) is 7.65. The number of methoxy groups -OCH3 is 1. The zero-order chi connectivity index (χ0) is 29.9. The number of hydrogen-bond acceptors (Lipinski definition) is 9. The van der Waals surface area contributed by atoms with Crippen molar-refractivity contribution < 1.29 is 17.9 Å². The van der Waals surface area contributed by atoms with E-state index in [2.05, 4.69) is 35.0 Å². The Morgan fingerprint density at radius 3 is 2.53 bits per heavy atom. The minimum atomic E-state index is -4.52. The molecule has 0 atom stereocenters. The molecule has 1 aliphatic heterocycles. The van der Waals surface area contributed by atoms with Crippen molar-refractivity contribution in [2.75, 3.05) is 12.0 Å². The molecule has 0 spiro atoms.